The summed E-state index contributed by atoms with van der Waals surface area (Å²) in [7, 11) is 0. The van der Waals surface area contributed by atoms with E-state index in [-0.39, 0.29) is 23.6 Å². The van der Waals surface area contributed by atoms with Gasteiger partial charge in [0, 0.05) is 18.7 Å². The summed E-state index contributed by atoms with van der Waals surface area (Å²) >= 11 is 0. The van der Waals surface area contributed by atoms with E-state index in [0.717, 1.165) is 12.1 Å². The zero-order valence-electron chi connectivity index (χ0n) is 11.6. The molecule has 0 saturated carbocycles. The van der Waals surface area contributed by atoms with Crippen molar-refractivity contribution in [1.82, 2.24) is 10.6 Å². The molecular formula is C14H19N3O3. The molecule has 1 heterocycles. The molecule has 20 heavy (non-hydrogen) atoms. The van der Waals surface area contributed by atoms with E-state index in [1.54, 1.807) is 12.1 Å². The van der Waals surface area contributed by atoms with Gasteiger partial charge in [0.15, 0.2) is 0 Å². The Kier molecular flexibility index (Phi) is 4.34. The van der Waals surface area contributed by atoms with Crippen molar-refractivity contribution in [2.24, 2.45) is 11.8 Å². The molecule has 1 aromatic rings. The lowest BCUT2D eigenvalue weighted by Crippen LogP contribution is -2.35. The van der Waals surface area contributed by atoms with E-state index in [1.165, 1.54) is 12.1 Å². The summed E-state index contributed by atoms with van der Waals surface area (Å²) in [6.07, 6.45) is 0. The minimum absolute atomic E-state index is 0.00139. The van der Waals surface area contributed by atoms with E-state index < -0.39 is 4.92 Å². The molecule has 0 aliphatic carbocycles. The van der Waals surface area contributed by atoms with Gasteiger partial charge in [0.2, 0.25) is 5.91 Å². The SMILES string of the molecule is CC(NC(=O)C1CNCC1C)c1cccc([N+](=O)[O-])c1. The fraction of sp³-hybridized carbons (Fsp3) is 0.500. The maximum absolute atomic E-state index is 12.2. The van der Waals surface area contributed by atoms with Gasteiger partial charge in [-0.2, -0.15) is 0 Å². The molecule has 3 unspecified atom stereocenters. The molecule has 0 spiro atoms. The molecule has 0 aromatic heterocycles. The Morgan fingerprint density at radius 1 is 1.50 bits per heavy atom. The van der Waals surface area contributed by atoms with Crippen LogP contribution in [0.15, 0.2) is 24.3 Å². The molecule has 1 amide bonds. The lowest BCUT2D eigenvalue weighted by molar-refractivity contribution is -0.384. The van der Waals surface area contributed by atoms with Crippen molar-refractivity contribution in [2.45, 2.75) is 19.9 Å². The molecule has 1 aromatic carbocycles. The molecule has 6 nitrogen and oxygen atoms in total. The van der Waals surface area contributed by atoms with Crippen molar-refractivity contribution in [3.05, 3.63) is 39.9 Å². The topological polar surface area (TPSA) is 84.3 Å². The molecule has 0 radical (unpaired) electrons. The number of hydrogen-bond acceptors (Lipinski definition) is 4. The van der Waals surface area contributed by atoms with Crippen LogP contribution in [-0.2, 0) is 4.79 Å². The van der Waals surface area contributed by atoms with Gasteiger partial charge in [-0.25, -0.2) is 0 Å². The van der Waals surface area contributed by atoms with Crippen LogP contribution < -0.4 is 10.6 Å². The van der Waals surface area contributed by atoms with Gasteiger partial charge in [0.1, 0.15) is 0 Å². The number of carbonyl (C=O) groups excluding carboxylic acids is 1. The first-order chi connectivity index (χ1) is 9.49. The minimum atomic E-state index is -0.430. The fourth-order valence-electron chi connectivity index (χ4n) is 2.47. The predicted molar refractivity (Wildman–Crippen MR) is 75.2 cm³/mol. The van der Waals surface area contributed by atoms with Crippen LogP contribution in [0.25, 0.3) is 0 Å². The van der Waals surface area contributed by atoms with E-state index >= 15 is 0 Å². The summed E-state index contributed by atoms with van der Waals surface area (Å²) < 4.78 is 0. The van der Waals surface area contributed by atoms with Gasteiger partial charge in [0.05, 0.1) is 16.9 Å². The van der Waals surface area contributed by atoms with E-state index in [9.17, 15) is 14.9 Å². The first-order valence-corrected chi connectivity index (χ1v) is 6.74. The fourth-order valence-corrected chi connectivity index (χ4v) is 2.47. The maximum atomic E-state index is 12.2. The molecule has 108 valence electrons. The molecule has 1 aliphatic heterocycles. The van der Waals surface area contributed by atoms with Crippen LogP contribution >= 0.6 is 0 Å². The van der Waals surface area contributed by atoms with Crippen molar-refractivity contribution in [1.29, 1.82) is 0 Å². The molecule has 0 bridgehead atoms. The first kappa shape index (κ1) is 14.5. The number of amides is 1. The van der Waals surface area contributed by atoms with Gasteiger partial charge in [-0.1, -0.05) is 19.1 Å². The second kappa shape index (κ2) is 6.00. The zero-order valence-corrected chi connectivity index (χ0v) is 11.6. The Morgan fingerprint density at radius 3 is 2.85 bits per heavy atom. The number of carbonyl (C=O) groups is 1. The summed E-state index contributed by atoms with van der Waals surface area (Å²) in [6, 6.07) is 6.13. The van der Waals surface area contributed by atoms with Gasteiger partial charge in [-0.15, -0.1) is 0 Å². The number of nitro benzene ring substituents is 1. The van der Waals surface area contributed by atoms with Crippen LogP contribution in [0.4, 0.5) is 5.69 Å². The molecular weight excluding hydrogens is 258 g/mol. The average Bonchev–Trinajstić information content (AvgIpc) is 2.85. The Labute approximate surface area is 117 Å². The van der Waals surface area contributed by atoms with Crippen molar-refractivity contribution in [3.63, 3.8) is 0 Å². The van der Waals surface area contributed by atoms with E-state index in [4.69, 9.17) is 0 Å². The quantitative estimate of drug-likeness (QED) is 0.647. The van der Waals surface area contributed by atoms with Crippen LogP contribution in [0, 0.1) is 22.0 Å². The van der Waals surface area contributed by atoms with E-state index in [0.29, 0.717) is 12.5 Å². The second-order valence-corrected chi connectivity index (χ2v) is 5.32. The first-order valence-electron chi connectivity index (χ1n) is 6.74. The second-order valence-electron chi connectivity index (χ2n) is 5.32. The number of nitro groups is 1. The summed E-state index contributed by atoms with van der Waals surface area (Å²) in [5, 5.41) is 16.9. The number of nitrogens with zero attached hydrogens (tertiary/aromatic N) is 1. The molecule has 6 heteroatoms. The summed E-state index contributed by atoms with van der Waals surface area (Å²) in [4.78, 5) is 22.5. The highest BCUT2D eigenvalue weighted by Crippen LogP contribution is 2.21. The highest BCUT2D eigenvalue weighted by Gasteiger charge is 2.30. The number of non-ortho nitro benzene ring substituents is 1. The maximum Gasteiger partial charge on any atom is 0.269 e. The van der Waals surface area contributed by atoms with Gasteiger partial charge < -0.3 is 10.6 Å². The lowest BCUT2D eigenvalue weighted by atomic mass is 9.96. The van der Waals surface area contributed by atoms with Crippen molar-refractivity contribution in [2.75, 3.05) is 13.1 Å². The molecule has 2 N–H and O–H groups in total. The van der Waals surface area contributed by atoms with Crippen LogP contribution in [0.1, 0.15) is 25.5 Å². The summed E-state index contributed by atoms with van der Waals surface area (Å²) in [6.45, 7) is 5.42. The highest BCUT2D eigenvalue weighted by molar-refractivity contribution is 5.80. The molecule has 2 rings (SSSR count). The van der Waals surface area contributed by atoms with Crippen LogP contribution in [0.3, 0.4) is 0 Å². The van der Waals surface area contributed by atoms with Gasteiger partial charge in [-0.3, -0.25) is 14.9 Å². The lowest BCUT2D eigenvalue weighted by Gasteiger charge is -2.19. The van der Waals surface area contributed by atoms with Gasteiger partial charge >= 0.3 is 0 Å². The van der Waals surface area contributed by atoms with Crippen molar-refractivity contribution in [3.8, 4) is 0 Å². The number of hydrogen-bond donors (Lipinski definition) is 2. The average molecular weight is 277 g/mol. The molecule has 1 fully saturated rings. The van der Waals surface area contributed by atoms with Crippen LogP contribution in [0.5, 0.6) is 0 Å². The zero-order chi connectivity index (χ0) is 14.7. The smallest absolute Gasteiger partial charge is 0.269 e. The molecule has 1 aliphatic rings. The Hall–Kier alpha value is -1.95. The standard InChI is InChI=1S/C14H19N3O3/c1-9-7-15-8-13(9)14(18)16-10(2)11-4-3-5-12(6-11)17(19)20/h3-6,9-10,13,15H,7-8H2,1-2H3,(H,16,18). The van der Waals surface area contributed by atoms with Crippen molar-refractivity contribution >= 4 is 11.6 Å². The summed E-state index contributed by atoms with van der Waals surface area (Å²) in [5.74, 6) is 0.282. The Bertz CT molecular complexity index is 518. The Morgan fingerprint density at radius 2 is 2.25 bits per heavy atom. The van der Waals surface area contributed by atoms with Gasteiger partial charge in [-0.05, 0) is 24.9 Å². The number of nitrogens with one attached hydrogen (secondary N) is 2. The van der Waals surface area contributed by atoms with Crippen LogP contribution in [-0.4, -0.2) is 23.9 Å². The van der Waals surface area contributed by atoms with Crippen molar-refractivity contribution < 1.29 is 9.72 Å². The molecule has 1 saturated heterocycles. The highest BCUT2D eigenvalue weighted by atomic mass is 16.6. The third-order valence-corrected chi connectivity index (χ3v) is 3.79. The Balaban J connectivity index is 2.04. The number of rotatable bonds is 4. The predicted octanol–water partition coefficient (Wildman–Crippen LogP) is 1.63. The van der Waals surface area contributed by atoms with Gasteiger partial charge in [0.25, 0.3) is 5.69 Å². The van der Waals surface area contributed by atoms with E-state index in [1.807, 2.05) is 13.8 Å². The third kappa shape index (κ3) is 3.14. The molecule has 3 atom stereocenters. The number of benzene rings is 1. The normalized spacial score (nSPS) is 23.3. The third-order valence-electron chi connectivity index (χ3n) is 3.79. The van der Waals surface area contributed by atoms with Crippen LogP contribution in [0.2, 0.25) is 0 Å². The monoisotopic (exact) mass is 277 g/mol. The summed E-state index contributed by atoms with van der Waals surface area (Å²) in [5.41, 5.74) is 0.783. The van der Waals surface area contributed by atoms with E-state index in [2.05, 4.69) is 10.6 Å². The largest absolute Gasteiger partial charge is 0.349 e. The minimum Gasteiger partial charge on any atom is -0.349 e.